The SMILES string of the molecule is Cc1cc(OC(C)C)nc(N2CCNCC2(C)C)n1. The maximum atomic E-state index is 5.70. The molecule has 106 valence electrons. The molecule has 5 heteroatoms. The van der Waals surface area contributed by atoms with E-state index in [9.17, 15) is 0 Å². The molecule has 1 aliphatic rings. The highest BCUT2D eigenvalue weighted by Crippen LogP contribution is 2.24. The number of piperazine rings is 1. The second kappa shape index (κ2) is 5.33. The maximum absolute atomic E-state index is 5.70. The molecule has 0 aliphatic carbocycles. The van der Waals surface area contributed by atoms with Gasteiger partial charge in [0.2, 0.25) is 11.8 Å². The number of aromatic nitrogens is 2. The van der Waals surface area contributed by atoms with Crippen LogP contribution in [0.3, 0.4) is 0 Å². The van der Waals surface area contributed by atoms with Gasteiger partial charge < -0.3 is 15.0 Å². The lowest BCUT2D eigenvalue weighted by Crippen LogP contribution is -2.58. The Kier molecular flexibility index (Phi) is 3.94. The van der Waals surface area contributed by atoms with E-state index in [0.29, 0.717) is 5.88 Å². The largest absolute Gasteiger partial charge is 0.475 e. The lowest BCUT2D eigenvalue weighted by Gasteiger charge is -2.42. The van der Waals surface area contributed by atoms with E-state index in [1.165, 1.54) is 0 Å². The summed E-state index contributed by atoms with van der Waals surface area (Å²) in [5, 5.41) is 3.41. The van der Waals surface area contributed by atoms with Crippen molar-refractivity contribution in [3.8, 4) is 5.88 Å². The van der Waals surface area contributed by atoms with Crippen LogP contribution in [0.25, 0.3) is 0 Å². The van der Waals surface area contributed by atoms with Crippen LogP contribution in [-0.4, -0.2) is 41.2 Å². The van der Waals surface area contributed by atoms with Crippen LogP contribution in [-0.2, 0) is 0 Å². The van der Waals surface area contributed by atoms with E-state index in [1.54, 1.807) is 0 Å². The number of ether oxygens (including phenoxy) is 1. The first-order valence-corrected chi connectivity index (χ1v) is 6.89. The minimum absolute atomic E-state index is 0.0150. The topological polar surface area (TPSA) is 50.3 Å². The predicted octanol–water partition coefficient (Wildman–Crippen LogP) is 1.76. The number of nitrogens with zero attached hydrogens (tertiary/aromatic N) is 3. The van der Waals surface area contributed by atoms with Crippen LogP contribution in [0.5, 0.6) is 5.88 Å². The lowest BCUT2D eigenvalue weighted by atomic mass is 10.0. The molecule has 1 saturated heterocycles. The van der Waals surface area contributed by atoms with Crippen molar-refractivity contribution in [2.75, 3.05) is 24.5 Å². The van der Waals surface area contributed by atoms with E-state index < -0.39 is 0 Å². The molecule has 2 heterocycles. The number of hydrogen-bond donors (Lipinski definition) is 1. The Bertz CT molecular complexity index is 445. The van der Waals surface area contributed by atoms with E-state index in [1.807, 2.05) is 26.8 Å². The summed E-state index contributed by atoms with van der Waals surface area (Å²) >= 11 is 0. The molecule has 0 spiro atoms. The van der Waals surface area contributed by atoms with Gasteiger partial charge in [0.15, 0.2) is 0 Å². The highest BCUT2D eigenvalue weighted by molar-refractivity contribution is 5.38. The molecule has 0 radical (unpaired) electrons. The highest BCUT2D eigenvalue weighted by Gasteiger charge is 2.31. The van der Waals surface area contributed by atoms with Gasteiger partial charge in [-0.1, -0.05) is 0 Å². The van der Waals surface area contributed by atoms with Gasteiger partial charge in [0.05, 0.1) is 6.10 Å². The van der Waals surface area contributed by atoms with Gasteiger partial charge in [-0.15, -0.1) is 0 Å². The molecule has 1 aromatic heterocycles. The Morgan fingerprint density at radius 3 is 2.74 bits per heavy atom. The summed E-state index contributed by atoms with van der Waals surface area (Å²) in [6.45, 7) is 13.2. The first-order valence-electron chi connectivity index (χ1n) is 6.89. The van der Waals surface area contributed by atoms with Crippen molar-refractivity contribution in [3.05, 3.63) is 11.8 Å². The van der Waals surface area contributed by atoms with Crippen molar-refractivity contribution in [1.29, 1.82) is 0 Å². The van der Waals surface area contributed by atoms with Crippen molar-refractivity contribution < 1.29 is 4.74 Å². The third-order valence-electron chi connectivity index (χ3n) is 3.22. The van der Waals surface area contributed by atoms with Gasteiger partial charge in [-0.25, -0.2) is 4.98 Å². The van der Waals surface area contributed by atoms with E-state index in [4.69, 9.17) is 4.74 Å². The molecule has 1 N–H and O–H groups in total. The third-order valence-corrected chi connectivity index (χ3v) is 3.22. The molecule has 1 aliphatic heterocycles. The first-order chi connectivity index (χ1) is 8.88. The van der Waals surface area contributed by atoms with Crippen LogP contribution in [0.4, 0.5) is 5.95 Å². The monoisotopic (exact) mass is 264 g/mol. The fraction of sp³-hybridized carbons (Fsp3) is 0.714. The first kappa shape index (κ1) is 14.1. The quantitative estimate of drug-likeness (QED) is 0.901. The fourth-order valence-corrected chi connectivity index (χ4v) is 2.30. The summed E-state index contributed by atoms with van der Waals surface area (Å²) in [4.78, 5) is 11.4. The van der Waals surface area contributed by atoms with Gasteiger partial charge in [0.25, 0.3) is 0 Å². The lowest BCUT2D eigenvalue weighted by molar-refractivity contribution is 0.231. The van der Waals surface area contributed by atoms with Crippen LogP contribution in [0.2, 0.25) is 0 Å². The second-order valence-electron chi connectivity index (χ2n) is 5.96. The number of nitrogens with one attached hydrogen (secondary N) is 1. The fourth-order valence-electron chi connectivity index (χ4n) is 2.30. The van der Waals surface area contributed by atoms with Gasteiger partial charge in [0.1, 0.15) is 0 Å². The number of rotatable bonds is 3. The normalized spacial score (nSPS) is 18.7. The van der Waals surface area contributed by atoms with Crippen LogP contribution in [0.1, 0.15) is 33.4 Å². The van der Waals surface area contributed by atoms with Crippen LogP contribution in [0, 0.1) is 6.92 Å². The van der Waals surface area contributed by atoms with Crippen molar-refractivity contribution in [2.24, 2.45) is 0 Å². The third kappa shape index (κ3) is 3.35. The Morgan fingerprint density at radius 2 is 2.11 bits per heavy atom. The number of aryl methyl sites for hydroxylation is 1. The molecule has 0 amide bonds. The van der Waals surface area contributed by atoms with E-state index in [0.717, 1.165) is 31.3 Å². The van der Waals surface area contributed by atoms with Gasteiger partial charge in [-0.05, 0) is 34.6 Å². The van der Waals surface area contributed by atoms with Gasteiger partial charge in [-0.3, -0.25) is 0 Å². The molecule has 0 saturated carbocycles. The summed E-state index contributed by atoms with van der Waals surface area (Å²) in [7, 11) is 0. The molecule has 19 heavy (non-hydrogen) atoms. The average molecular weight is 264 g/mol. The molecular formula is C14H24N4O. The van der Waals surface area contributed by atoms with Crippen LogP contribution < -0.4 is 15.0 Å². The second-order valence-corrected chi connectivity index (χ2v) is 5.96. The maximum Gasteiger partial charge on any atom is 0.229 e. The van der Waals surface area contributed by atoms with Crippen molar-refractivity contribution >= 4 is 5.95 Å². The van der Waals surface area contributed by atoms with Crippen LogP contribution in [0.15, 0.2) is 6.07 Å². The molecule has 0 atom stereocenters. The van der Waals surface area contributed by atoms with Gasteiger partial charge >= 0.3 is 0 Å². The molecular weight excluding hydrogens is 240 g/mol. The molecule has 5 nitrogen and oxygen atoms in total. The minimum Gasteiger partial charge on any atom is -0.475 e. The molecule has 0 unspecified atom stereocenters. The van der Waals surface area contributed by atoms with Crippen LogP contribution >= 0.6 is 0 Å². The van der Waals surface area contributed by atoms with Crippen molar-refractivity contribution in [3.63, 3.8) is 0 Å². The minimum atomic E-state index is 0.0150. The van der Waals surface area contributed by atoms with Gasteiger partial charge in [-0.2, -0.15) is 4.98 Å². The summed E-state index contributed by atoms with van der Waals surface area (Å²) < 4.78 is 5.70. The van der Waals surface area contributed by atoms with E-state index >= 15 is 0 Å². The summed E-state index contributed by atoms with van der Waals surface area (Å²) in [6.07, 6.45) is 0.123. The standard InChI is InChI=1S/C14H24N4O/c1-10(2)19-12-8-11(3)16-13(17-12)18-7-6-15-9-14(18,4)5/h8,10,15H,6-7,9H2,1-5H3. The van der Waals surface area contributed by atoms with Crippen molar-refractivity contribution in [1.82, 2.24) is 15.3 Å². The zero-order chi connectivity index (χ0) is 14.0. The number of anilines is 1. The Balaban J connectivity index is 2.30. The molecule has 1 aromatic rings. The Hall–Kier alpha value is -1.36. The Labute approximate surface area is 115 Å². The molecule has 0 aromatic carbocycles. The zero-order valence-corrected chi connectivity index (χ0v) is 12.5. The molecule has 2 rings (SSSR count). The molecule has 1 fully saturated rings. The van der Waals surface area contributed by atoms with Crippen molar-refractivity contribution in [2.45, 2.75) is 46.3 Å². The zero-order valence-electron chi connectivity index (χ0n) is 12.5. The van der Waals surface area contributed by atoms with Gasteiger partial charge in [0, 0.05) is 36.9 Å². The smallest absolute Gasteiger partial charge is 0.229 e. The summed E-state index contributed by atoms with van der Waals surface area (Å²) in [5.74, 6) is 1.42. The highest BCUT2D eigenvalue weighted by atomic mass is 16.5. The van der Waals surface area contributed by atoms with E-state index in [2.05, 4.69) is 34.0 Å². The predicted molar refractivity (Wildman–Crippen MR) is 76.8 cm³/mol. The van der Waals surface area contributed by atoms with E-state index in [-0.39, 0.29) is 11.6 Å². The average Bonchev–Trinajstić information content (AvgIpc) is 2.26. The summed E-state index contributed by atoms with van der Waals surface area (Å²) in [6, 6.07) is 1.89. The molecule has 0 bridgehead atoms. The Morgan fingerprint density at radius 1 is 1.37 bits per heavy atom. The summed E-state index contributed by atoms with van der Waals surface area (Å²) in [5.41, 5.74) is 0.955. The number of hydrogen-bond acceptors (Lipinski definition) is 5.